The molecule has 8 heteroatoms. The van der Waals surface area contributed by atoms with Crippen molar-refractivity contribution in [2.75, 3.05) is 11.9 Å². The van der Waals surface area contributed by atoms with Gasteiger partial charge in [-0.3, -0.25) is 4.79 Å². The highest BCUT2D eigenvalue weighted by molar-refractivity contribution is 7.89. The van der Waals surface area contributed by atoms with Gasteiger partial charge in [-0.1, -0.05) is 11.6 Å². The summed E-state index contributed by atoms with van der Waals surface area (Å²) in [5.74, 6) is 0.0687. The third-order valence-electron chi connectivity index (χ3n) is 3.41. The normalized spacial score (nSPS) is 11.9. The first-order valence-electron chi connectivity index (χ1n) is 8.29. The van der Waals surface area contributed by atoms with E-state index < -0.39 is 15.6 Å². The lowest BCUT2D eigenvalue weighted by Crippen LogP contribution is -2.40. The molecule has 0 aliphatic carbocycles. The van der Waals surface area contributed by atoms with Crippen LogP contribution in [0.25, 0.3) is 0 Å². The maximum absolute atomic E-state index is 12.3. The Hall–Kier alpha value is -2.09. The molecule has 0 heterocycles. The zero-order valence-corrected chi connectivity index (χ0v) is 17.2. The third-order valence-corrected chi connectivity index (χ3v) is 5.42. The first-order chi connectivity index (χ1) is 12.5. The fourth-order valence-electron chi connectivity index (χ4n) is 2.28. The second kappa shape index (κ2) is 8.29. The van der Waals surface area contributed by atoms with Crippen LogP contribution in [0.15, 0.2) is 47.4 Å². The molecule has 0 spiro atoms. The molecule has 0 saturated carbocycles. The molecule has 2 N–H and O–H groups in total. The zero-order chi connectivity index (χ0) is 20.2. The average molecular weight is 411 g/mol. The van der Waals surface area contributed by atoms with Crippen molar-refractivity contribution in [2.24, 2.45) is 0 Å². The van der Waals surface area contributed by atoms with Crippen LogP contribution in [0, 0.1) is 6.92 Å². The molecular weight excluding hydrogens is 388 g/mol. The van der Waals surface area contributed by atoms with Crippen LogP contribution in [-0.4, -0.2) is 26.5 Å². The van der Waals surface area contributed by atoms with Crippen LogP contribution in [0.2, 0.25) is 5.02 Å². The lowest BCUT2D eigenvalue weighted by Gasteiger charge is -2.20. The molecule has 1 amide bonds. The number of carbonyl (C=O) groups excluding carboxylic acids is 1. The second-order valence-corrected chi connectivity index (χ2v) is 9.24. The van der Waals surface area contributed by atoms with Gasteiger partial charge in [-0.15, -0.1) is 0 Å². The van der Waals surface area contributed by atoms with Gasteiger partial charge < -0.3 is 10.1 Å². The van der Waals surface area contributed by atoms with Crippen LogP contribution in [0.3, 0.4) is 0 Å². The summed E-state index contributed by atoms with van der Waals surface area (Å²) in [4.78, 5) is 12.2. The number of anilines is 1. The summed E-state index contributed by atoms with van der Waals surface area (Å²) in [5.41, 5.74) is 0.922. The van der Waals surface area contributed by atoms with Gasteiger partial charge in [0.15, 0.2) is 6.61 Å². The molecule has 0 saturated heterocycles. The predicted octanol–water partition coefficient (Wildman–Crippen LogP) is 3.74. The van der Waals surface area contributed by atoms with Gasteiger partial charge in [0.25, 0.3) is 5.91 Å². The quantitative estimate of drug-likeness (QED) is 0.759. The Morgan fingerprint density at radius 3 is 2.30 bits per heavy atom. The minimum atomic E-state index is -3.61. The van der Waals surface area contributed by atoms with Crippen molar-refractivity contribution in [1.29, 1.82) is 0 Å². The first kappa shape index (κ1) is 21.2. The SMILES string of the molecule is Cc1cc(Cl)ccc1NC(=O)COc1ccc(S(=O)(=O)NC(C)(C)C)cc1. The Morgan fingerprint density at radius 1 is 1.11 bits per heavy atom. The smallest absolute Gasteiger partial charge is 0.262 e. The van der Waals surface area contributed by atoms with Gasteiger partial charge in [-0.25, -0.2) is 13.1 Å². The number of aryl methyl sites for hydroxylation is 1. The lowest BCUT2D eigenvalue weighted by molar-refractivity contribution is -0.118. The van der Waals surface area contributed by atoms with E-state index in [9.17, 15) is 13.2 Å². The van der Waals surface area contributed by atoms with Gasteiger partial charge in [-0.05, 0) is 75.7 Å². The molecule has 2 rings (SSSR count). The molecule has 27 heavy (non-hydrogen) atoms. The molecular formula is C19H23ClN2O4S. The molecule has 0 aromatic heterocycles. The molecule has 0 aliphatic heterocycles. The van der Waals surface area contributed by atoms with Gasteiger partial charge in [0, 0.05) is 16.2 Å². The molecule has 0 aliphatic rings. The highest BCUT2D eigenvalue weighted by Crippen LogP contribution is 2.20. The van der Waals surface area contributed by atoms with Gasteiger partial charge >= 0.3 is 0 Å². The number of halogens is 1. The summed E-state index contributed by atoms with van der Waals surface area (Å²) in [7, 11) is -3.61. The van der Waals surface area contributed by atoms with E-state index in [1.807, 2.05) is 6.92 Å². The Balaban J connectivity index is 1.96. The van der Waals surface area contributed by atoms with E-state index in [2.05, 4.69) is 10.0 Å². The number of rotatable bonds is 6. The lowest BCUT2D eigenvalue weighted by atomic mass is 10.1. The van der Waals surface area contributed by atoms with Crippen molar-refractivity contribution in [3.05, 3.63) is 53.1 Å². The number of sulfonamides is 1. The minimum absolute atomic E-state index is 0.131. The summed E-state index contributed by atoms with van der Waals surface area (Å²) < 4.78 is 32.5. The van der Waals surface area contributed by atoms with Gasteiger partial charge in [0.2, 0.25) is 10.0 Å². The molecule has 0 atom stereocenters. The topological polar surface area (TPSA) is 84.5 Å². The van der Waals surface area contributed by atoms with Crippen LogP contribution in [0.4, 0.5) is 5.69 Å². The van der Waals surface area contributed by atoms with Crippen LogP contribution in [0.1, 0.15) is 26.3 Å². The Labute approximate surface area is 164 Å². The molecule has 0 radical (unpaired) electrons. The second-order valence-electron chi connectivity index (χ2n) is 7.12. The summed E-state index contributed by atoms with van der Waals surface area (Å²) in [6.07, 6.45) is 0. The molecule has 0 unspecified atom stereocenters. The maximum Gasteiger partial charge on any atom is 0.262 e. The number of nitrogens with one attached hydrogen (secondary N) is 2. The van der Waals surface area contributed by atoms with E-state index in [0.717, 1.165) is 5.56 Å². The van der Waals surface area contributed by atoms with Crippen molar-refractivity contribution >= 4 is 33.2 Å². The van der Waals surface area contributed by atoms with Crippen molar-refractivity contribution < 1.29 is 17.9 Å². The maximum atomic E-state index is 12.3. The Bertz CT molecular complexity index is 920. The third kappa shape index (κ3) is 6.53. The Morgan fingerprint density at radius 2 is 1.74 bits per heavy atom. The molecule has 2 aromatic carbocycles. The van der Waals surface area contributed by atoms with Gasteiger partial charge in [0.05, 0.1) is 4.90 Å². The van der Waals surface area contributed by atoms with Gasteiger partial charge in [-0.2, -0.15) is 0 Å². The average Bonchev–Trinajstić information content (AvgIpc) is 2.54. The molecule has 0 bridgehead atoms. The fourth-order valence-corrected chi connectivity index (χ4v) is 3.92. The van der Waals surface area contributed by atoms with E-state index >= 15 is 0 Å². The molecule has 2 aromatic rings. The van der Waals surface area contributed by atoms with E-state index in [0.29, 0.717) is 16.5 Å². The fraction of sp³-hybridized carbons (Fsp3) is 0.316. The van der Waals surface area contributed by atoms with Crippen LogP contribution >= 0.6 is 11.6 Å². The molecule has 146 valence electrons. The van der Waals surface area contributed by atoms with Crippen molar-refractivity contribution in [1.82, 2.24) is 4.72 Å². The summed E-state index contributed by atoms with van der Waals surface area (Å²) in [6.45, 7) is 6.94. The standard InChI is InChI=1S/C19H23ClN2O4S/c1-13-11-14(20)5-10-17(13)21-18(23)12-26-15-6-8-16(9-7-15)27(24,25)22-19(2,3)4/h5-11,22H,12H2,1-4H3,(H,21,23). The molecule has 6 nitrogen and oxygen atoms in total. The van der Waals surface area contributed by atoms with E-state index in [4.69, 9.17) is 16.3 Å². The molecule has 0 fully saturated rings. The number of benzene rings is 2. The minimum Gasteiger partial charge on any atom is -0.484 e. The number of amides is 1. The number of hydrogen-bond donors (Lipinski definition) is 2. The van der Waals surface area contributed by atoms with Crippen LogP contribution in [0.5, 0.6) is 5.75 Å². The van der Waals surface area contributed by atoms with E-state index in [-0.39, 0.29) is 17.4 Å². The highest BCUT2D eigenvalue weighted by atomic mass is 35.5. The number of carbonyl (C=O) groups is 1. The van der Waals surface area contributed by atoms with Gasteiger partial charge in [0.1, 0.15) is 5.75 Å². The van der Waals surface area contributed by atoms with E-state index in [1.165, 1.54) is 24.3 Å². The monoisotopic (exact) mass is 410 g/mol. The number of ether oxygens (including phenoxy) is 1. The van der Waals surface area contributed by atoms with E-state index in [1.54, 1.807) is 39.0 Å². The van der Waals surface area contributed by atoms with Crippen LogP contribution < -0.4 is 14.8 Å². The number of hydrogen-bond acceptors (Lipinski definition) is 4. The largest absolute Gasteiger partial charge is 0.484 e. The van der Waals surface area contributed by atoms with Crippen molar-refractivity contribution in [3.8, 4) is 5.75 Å². The van der Waals surface area contributed by atoms with Crippen molar-refractivity contribution in [3.63, 3.8) is 0 Å². The summed E-state index contributed by atoms with van der Waals surface area (Å²) in [5, 5.41) is 3.34. The predicted molar refractivity (Wildman–Crippen MR) is 107 cm³/mol. The summed E-state index contributed by atoms with van der Waals surface area (Å²) >= 11 is 5.89. The first-order valence-corrected chi connectivity index (χ1v) is 10.2. The highest BCUT2D eigenvalue weighted by Gasteiger charge is 2.21. The Kier molecular flexibility index (Phi) is 6.51. The summed E-state index contributed by atoms with van der Waals surface area (Å²) in [6, 6.07) is 11.1. The van der Waals surface area contributed by atoms with Crippen LogP contribution in [-0.2, 0) is 14.8 Å². The zero-order valence-electron chi connectivity index (χ0n) is 15.7. The van der Waals surface area contributed by atoms with Crippen molar-refractivity contribution in [2.45, 2.75) is 38.1 Å².